The molecule has 0 N–H and O–H groups in total. The summed E-state index contributed by atoms with van der Waals surface area (Å²) >= 11 is 0. The van der Waals surface area contributed by atoms with Crippen LogP contribution in [0.5, 0.6) is 5.75 Å². The van der Waals surface area contributed by atoms with E-state index in [9.17, 15) is 9.59 Å². The van der Waals surface area contributed by atoms with Crippen LogP contribution in [0.4, 0.5) is 11.4 Å². The lowest BCUT2D eigenvalue weighted by molar-refractivity contribution is -0.120. The fourth-order valence-corrected chi connectivity index (χ4v) is 4.10. The molecule has 174 valence electrons. The summed E-state index contributed by atoms with van der Waals surface area (Å²) in [6.07, 6.45) is 0. The lowest BCUT2D eigenvalue weighted by atomic mass is 9.87. The van der Waals surface area contributed by atoms with E-state index in [2.05, 4.69) is 20.8 Å². The number of benzene rings is 3. The van der Waals surface area contributed by atoms with Crippen LogP contribution in [0.2, 0.25) is 0 Å². The smallest absolute Gasteiger partial charge is 0.282 e. The van der Waals surface area contributed by atoms with Gasteiger partial charge in [-0.3, -0.25) is 9.59 Å². The lowest BCUT2D eigenvalue weighted by Gasteiger charge is -2.23. The third-order valence-corrected chi connectivity index (χ3v) is 5.98. The molecule has 1 heterocycles. The van der Waals surface area contributed by atoms with E-state index in [1.807, 2.05) is 92.8 Å². The number of likely N-dealkylation sites (N-methyl/N-ethyl adjacent to an activating group) is 1. The maximum Gasteiger partial charge on any atom is 0.282 e. The predicted octanol–water partition coefficient (Wildman–Crippen LogP) is 5.80. The Bertz CT molecular complexity index is 1220. The van der Waals surface area contributed by atoms with Crippen LogP contribution in [0.25, 0.3) is 5.57 Å². The van der Waals surface area contributed by atoms with E-state index < -0.39 is 0 Å². The number of hydrogen-bond donors (Lipinski definition) is 0. The lowest BCUT2D eigenvalue weighted by Crippen LogP contribution is -2.34. The largest absolute Gasteiger partial charge is 0.494 e. The van der Waals surface area contributed by atoms with Gasteiger partial charge in [0, 0.05) is 12.7 Å². The summed E-state index contributed by atoms with van der Waals surface area (Å²) < 4.78 is 5.56. The molecule has 0 fully saturated rings. The molecule has 4 rings (SSSR count). The Labute approximate surface area is 201 Å². The first kappa shape index (κ1) is 23.3. The normalized spacial score (nSPS) is 14.1. The molecule has 1 aliphatic heterocycles. The van der Waals surface area contributed by atoms with Crippen LogP contribution in [0, 0.1) is 0 Å². The summed E-state index contributed by atoms with van der Waals surface area (Å²) in [4.78, 5) is 30.5. The molecule has 0 saturated carbocycles. The van der Waals surface area contributed by atoms with Crippen LogP contribution < -0.4 is 14.5 Å². The number of ether oxygens (including phenoxy) is 1. The van der Waals surface area contributed by atoms with Gasteiger partial charge in [0.1, 0.15) is 11.4 Å². The topological polar surface area (TPSA) is 49.9 Å². The fraction of sp³-hybridized carbons (Fsp3) is 0.241. The molecule has 5 nitrogen and oxygen atoms in total. The van der Waals surface area contributed by atoms with Crippen LogP contribution in [-0.2, 0) is 15.0 Å². The number of para-hydroxylation sites is 1. The number of nitrogens with zero attached hydrogens (tertiary/aromatic N) is 2. The predicted molar refractivity (Wildman–Crippen MR) is 137 cm³/mol. The quantitative estimate of drug-likeness (QED) is 0.442. The molecule has 0 unspecified atom stereocenters. The summed E-state index contributed by atoms with van der Waals surface area (Å²) in [5.41, 5.74) is 3.89. The van der Waals surface area contributed by atoms with Gasteiger partial charge in [0.05, 0.1) is 17.9 Å². The highest BCUT2D eigenvalue weighted by Gasteiger charge is 2.42. The van der Waals surface area contributed by atoms with E-state index >= 15 is 0 Å². The summed E-state index contributed by atoms with van der Waals surface area (Å²) in [5.74, 6) is 0.0374. The summed E-state index contributed by atoms with van der Waals surface area (Å²) in [7, 11) is 1.82. The zero-order valence-electron chi connectivity index (χ0n) is 20.3. The van der Waals surface area contributed by atoms with Gasteiger partial charge in [-0.15, -0.1) is 0 Å². The minimum absolute atomic E-state index is 0.0258. The molecular formula is C29H30N2O3. The molecule has 3 aromatic carbocycles. The van der Waals surface area contributed by atoms with Gasteiger partial charge in [0.2, 0.25) is 0 Å². The number of hydrogen-bond acceptors (Lipinski definition) is 4. The van der Waals surface area contributed by atoms with E-state index in [-0.39, 0.29) is 17.2 Å². The molecule has 2 amide bonds. The second-order valence-corrected chi connectivity index (χ2v) is 9.32. The molecule has 1 aliphatic rings. The van der Waals surface area contributed by atoms with Crippen molar-refractivity contribution in [3.63, 3.8) is 0 Å². The van der Waals surface area contributed by atoms with E-state index in [0.717, 1.165) is 17.0 Å². The van der Waals surface area contributed by atoms with Crippen molar-refractivity contribution in [2.45, 2.75) is 33.1 Å². The SMILES string of the molecule is CCOc1ccc(C2=C(N(C)c3ccccc3)C(=O)N(c3ccc(C(C)(C)C)cc3)C2=O)cc1. The van der Waals surface area contributed by atoms with Crippen molar-refractivity contribution in [1.82, 2.24) is 0 Å². The third-order valence-electron chi connectivity index (χ3n) is 5.98. The van der Waals surface area contributed by atoms with Crippen molar-refractivity contribution in [2.24, 2.45) is 0 Å². The zero-order chi connectivity index (χ0) is 24.5. The number of carbonyl (C=O) groups is 2. The number of anilines is 2. The molecule has 0 spiro atoms. The highest BCUT2D eigenvalue weighted by atomic mass is 16.5. The second kappa shape index (κ2) is 9.18. The van der Waals surface area contributed by atoms with Crippen molar-refractivity contribution in [2.75, 3.05) is 23.5 Å². The Balaban J connectivity index is 1.80. The zero-order valence-corrected chi connectivity index (χ0v) is 20.3. The first-order valence-electron chi connectivity index (χ1n) is 11.5. The van der Waals surface area contributed by atoms with Gasteiger partial charge in [-0.05, 0) is 59.9 Å². The summed E-state index contributed by atoms with van der Waals surface area (Å²) in [6.45, 7) is 8.87. The third kappa shape index (κ3) is 4.34. The Hall–Kier alpha value is -3.86. The van der Waals surface area contributed by atoms with Gasteiger partial charge in [-0.2, -0.15) is 0 Å². The molecule has 0 atom stereocenters. The maximum absolute atomic E-state index is 13.7. The van der Waals surface area contributed by atoms with Gasteiger partial charge < -0.3 is 9.64 Å². The van der Waals surface area contributed by atoms with Gasteiger partial charge >= 0.3 is 0 Å². The summed E-state index contributed by atoms with van der Waals surface area (Å²) in [6, 6.07) is 24.5. The van der Waals surface area contributed by atoms with E-state index in [4.69, 9.17) is 4.74 Å². The average Bonchev–Trinajstić information content (AvgIpc) is 3.09. The van der Waals surface area contributed by atoms with Crippen molar-refractivity contribution >= 4 is 28.8 Å². The molecule has 3 aromatic rings. The summed E-state index contributed by atoms with van der Waals surface area (Å²) in [5, 5.41) is 0. The number of imide groups is 1. The first-order chi connectivity index (χ1) is 16.2. The van der Waals surface area contributed by atoms with Crippen LogP contribution >= 0.6 is 0 Å². The highest BCUT2D eigenvalue weighted by molar-refractivity contribution is 6.46. The molecule has 0 saturated heterocycles. The molecule has 5 heteroatoms. The van der Waals surface area contributed by atoms with E-state index in [1.54, 1.807) is 4.90 Å². The minimum Gasteiger partial charge on any atom is -0.494 e. The molecule has 34 heavy (non-hydrogen) atoms. The first-order valence-corrected chi connectivity index (χ1v) is 11.5. The Morgan fingerprint density at radius 1 is 0.824 bits per heavy atom. The fourth-order valence-electron chi connectivity index (χ4n) is 4.10. The van der Waals surface area contributed by atoms with Gasteiger partial charge in [0.15, 0.2) is 0 Å². The molecule has 0 radical (unpaired) electrons. The Morgan fingerprint density at radius 2 is 1.44 bits per heavy atom. The van der Waals surface area contributed by atoms with Crippen LogP contribution in [0.3, 0.4) is 0 Å². The van der Waals surface area contributed by atoms with Gasteiger partial charge in [-0.1, -0.05) is 63.2 Å². The minimum atomic E-state index is -0.344. The average molecular weight is 455 g/mol. The van der Waals surface area contributed by atoms with E-state index in [0.29, 0.717) is 29.1 Å². The molecule has 0 aromatic heterocycles. The van der Waals surface area contributed by atoms with Crippen LogP contribution in [0.15, 0.2) is 84.6 Å². The molecule has 0 bridgehead atoms. The van der Waals surface area contributed by atoms with Crippen LogP contribution in [-0.4, -0.2) is 25.5 Å². The van der Waals surface area contributed by atoms with Gasteiger partial charge in [0.25, 0.3) is 11.8 Å². The van der Waals surface area contributed by atoms with Crippen LogP contribution in [0.1, 0.15) is 38.8 Å². The molecule has 0 aliphatic carbocycles. The second-order valence-electron chi connectivity index (χ2n) is 9.32. The molecular weight excluding hydrogens is 424 g/mol. The number of amides is 2. The standard InChI is InChI=1S/C29H30N2O3/c1-6-34-24-18-12-20(13-19-24)25-26(30(5)22-10-8-7-9-11-22)28(33)31(27(25)32)23-16-14-21(15-17-23)29(2,3)4/h7-19H,6H2,1-5H3. The Morgan fingerprint density at radius 3 is 2.00 bits per heavy atom. The highest BCUT2D eigenvalue weighted by Crippen LogP contribution is 2.37. The monoisotopic (exact) mass is 454 g/mol. The van der Waals surface area contributed by atoms with Crippen molar-refractivity contribution in [3.05, 3.63) is 95.7 Å². The van der Waals surface area contributed by atoms with Crippen molar-refractivity contribution < 1.29 is 14.3 Å². The maximum atomic E-state index is 13.7. The Kier molecular flexibility index (Phi) is 6.29. The van der Waals surface area contributed by atoms with E-state index in [1.165, 1.54) is 4.90 Å². The number of rotatable bonds is 6. The van der Waals surface area contributed by atoms with Crippen molar-refractivity contribution in [1.29, 1.82) is 0 Å². The van der Waals surface area contributed by atoms with Gasteiger partial charge in [-0.25, -0.2) is 4.90 Å². The number of carbonyl (C=O) groups excluding carboxylic acids is 2. The van der Waals surface area contributed by atoms with Crippen molar-refractivity contribution in [3.8, 4) is 5.75 Å².